The second-order valence-electron chi connectivity index (χ2n) is 3.15. The van der Waals surface area contributed by atoms with E-state index < -0.39 is 11.5 Å². The number of halogens is 3. The average molecular weight is 220 g/mol. The molecule has 1 aromatic carbocycles. The Morgan fingerprint density at radius 1 is 1.50 bits per heavy atom. The Hall–Kier alpha value is -0.670. The van der Waals surface area contributed by atoms with Gasteiger partial charge in [0.1, 0.15) is 11.5 Å². The highest BCUT2D eigenvalue weighted by atomic mass is 35.5. The van der Waals surface area contributed by atoms with E-state index in [1.165, 1.54) is 12.1 Å². The Morgan fingerprint density at radius 2 is 2.14 bits per heavy atom. The summed E-state index contributed by atoms with van der Waals surface area (Å²) in [6, 6.07) is 3.63. The van der Waals surface area contributed by atoms with Crippen molar-refractivity contribution in [2.75, 3.05) is 6.54 Å². The van der Waals surface area contributed by atoms with Gasteiger partial charge < -0.3 is 5.73 Å². The summed E-state index contributed by atoms with van der Waals surface area (Å²) < 4.78 is 26.9. The molecular formula is C10H12ClF2N. The van der Waals surface area contributed by atoms with Gasteiger partial charge in [-0.05, 0) is 24.6 Å². The number of rotatable bonds is 3. The van der Waals surface area contributed by atoms with Crippen LogP contribution in [0.5, 0.6) is 0 Å². The van der Waals surface area contributed by atoms with Gasteiger partial charge in [0.15, 0.2) is 0 Å². The van der Waals surface area contributed by atoms with Crippen LogP contribution in [0.2, 0.25) is 5.02 Å². The zero-order chi connectivity index (χ0) is 10.8. The Morgan fingerprint density at radius 3 is 2.64 bits per heavy atom. The molecule has 1 rings (SSSR count). The van der Waals surface area contributed by atoms with Crippen molar-refractivity contribution >= 4 is 11.6 Å². The van der Waals surface area contributed by atoms with Crippen molar-refractivity contribution in [2.24, 2.45) is 5.73 Å². The maximum Gasteiger partial charge on any atom is 0.149 e. The molecule has 0 bridgehead atoms. The van der Waals surface area contributed by atoms with E-state index in [2.05, 4.69) is 0 Å². The zero-order valence-electron chi connectivity index (χ0n) is 7.86. The predicted octanol–water partition coefficient (Wildman–Crippen LogP) is 3.01. The number of benzene rings is 1. The van der Waals surface area contributed by atoms with E-state index in [1.54, 1.807) is 6.92 Å². The van der Waals surface area contributed by atoms with Crippen LogP contribution in [-0.4, -0.2) is 6.54 Å². The van der Waals surface area contributed by atoms with E-state index >= 15 is 0 Å². The minimum absolute atomic E-state index is 0.129. The molecule has 1 aromatic rings. The molecule has 4 heteroatoms. The average Bonchev–Trinajstić information content (AvgIpc) is 2.20. The first kappa shape index (κ1) is 11.4. The molecule has 78 valence electrons. The van der Waals surface area contributed by atoms with Crippen LogP contribution in [0.4, 0.5) is 8.78 Å². The largest absolute Gasteiger partial charge is 0.327 e. The van der Waals surface area contributed by atoms with Crippen molar-refractivity contribution in [3.05, 3.63) is 34.6 Å². The normalized spacial score (nSPS) is 15.2. The fraction of sp³-hybridized carbons (Fsp3) is 0.400. The molecule has 0 fully saturated rings. The number of alkyl halides is 1. The molecule has 1 nitrogen and oxygen atoms in total. The molecule has 2 N–H and O–H groups in total. The smallest absolute Gasteiger partial charge is 0.149 e. The third-order valence-corrected chi connectivity index (χ3v) is 2.62. The van der Waals surface area contributed by atoms with Crippen LogP contribution in [0.15, 0.2) is 18.2 Å². The maximum absolute atomic E-state index is 14.0. The van der Waals surface area contributed by atoms with Crippen LogP contribution in [0.3, 0.4) is 0 Å². The van der Waals surface area contributed by atoms with Gasteiger partial charge in [-0.15, -0.1) is 0 Å². The Kier molecular flexibility index (Phi) is 3.45. The van der Waals surface area contributed by atoms with Crippen LogP contribution >= 0.6 is 11.6 Å². The topological polar surface area (TPSA) is 26.0 Å². The quantitative estimate of drug-likeness (QED) is 0.831. The lowest BCUT2D eigenvalue weighted by Crippen LogP contribution is -2.30. The van der Waals surface area contributed by atoms with E-state index in [0.29, 0.717) is 0 Å². The molecule has 1 atom stereocenters. The Balaban J connectivity index is 3.22. The molecule has 0 spiro atoms. The SMILES string of the molecule is CCC(F)(CN)c1cc(F)ccc1Cl. The molecule has 0 saturated carbocycles. The predicted molar refractivity (Wildman–Crippen MR) is 53.5 cm³/mol. The highest BCUT2D eigenvalue weighted by molar-refractivity contribution is 6.31. The minimum Gasteiger partial charge on any atom is -0.327 e. The minimum atomic E-state index is -1.74. The van der Waals surface area contributed by atoms with Crippen molar-refractivity contribution in [1.82, 2.24) is 0 Å². The molecule has 0 heterocycles. The first-order chi connectivity index (χ1) is 6.53. The van der Waals surface area contributed by atoms with Gasteiger partial charge in [-0.25, -0.2) is 8.78 Å². The summed E-state index contributed by atoms with van der Waals surface area (Å²) in [6.45, 7) is 1.45. The van der Waals surface area contributed by atoms with Gasteiger partial charge >= 0.3 is 0 Å². The summed E-state index contributed by atoms with van der Waals surface area (Å²) in [5.74, 6) is -0.506. The first-order valence-corrected chi connectivity index (χ1v) is 4.76. The monoisotopic (exact) mass is 219 g/mol. The summed E-state index contributed by atoms with van der Waals surface area (Å²) in [5.41, 5.74) is 3.70. The molecule has 1 unspecified atom stereocenters. The summed E-state index contributed by atoms with van der Waals surface area (Å²) in [5, 5.41) is 0.209. The molecule has 0 aliphatic heterocycles. The molecule has 0 aromatic heterocycles. The molecule has 0 amide bonds. The lowest BCUT2D eigenvalue weighted by molar-refractivity contribution is 0.168. The molecule has 0 aliphatic carbocycles. The zero-order valence-corrected chi connectivity index (χ0v) is 8.61. The van der Waals surface area contributed by atoms with Gasteiger partial charge in [0.05, 0.1) is 0 Å². The van der Waals surface area contributed by atoms with E-state index in [1.807, 2.05) is 0 Å². The molecule has 14 heavy (non-hydrogen) atoms. The fourth-order valence-electron chi connectivity index (χ4n) is 1.29. The van der Waals surface area contributed by atoms with E-state index in [9.17, 15) is 8.78 Å². The maximum atomic E-state index is 14.0. The van der Waals surface area contributed by atoms with Crippen molar-refractivity contribution in [1.29, 1.82) is 0 Å². The van der Waals surface area contributed by atoms with Gasteiger partial charge in [-0.1, -0.05) is 18.5 Å². The Labute approximate surface area is 86.9 Å². The number of hydrogen-bond acceptors (Lipinski definition) is 1. The van der Waals surface area contributed by atoms with E-state index in [-0.39, 0.29) is 23.6 Å². The third-order valence-electron chi connectivity index (χ3n) is 2.30. The van der Waals surface area contributed by atoms with Crippen LogP contribution in [0, 0.1) is 5.82 Å². The number of nitrogens with two attached hydrogens (primary N) is 1. The van der Waals surface area contributed by atoms with Gasteiger partial charge in [-0.2, -0.15) is 0 Å². The van der Waals surface area contributed by atoms with Gasteiger partial charge in [0.25, 0.3) is 0 Å². The standard InChI is InChI=1S/C10H12ClF2N/c1-2-10(13,6-14)8-5-7(12)3-4-9(8)11/h3-5H,2,6,14H2,1H3. The Bertz CT molecular complexity index is 324. The molecular weight excluding hydrogens is 208 g/mol. The van der Waals surface area contributed by atoms with Gasteiger partial charge in [0, 0.05) is 17.1 Å². The van der Waals surface area contributed by atoms with Crippen molar-refractivity contribution in [2.45, 2.75) is 19.0 Å². The van der Waals surface area contributed by atoms with Crippen molar-refractivity contribution < 1.29 is 8.78 Å². The summed E-state index contributed by atoms with van der Waals surface area (Å²) >= 11 is 5.78. The van der Waals surface area contributed by atoms with E-state index in [4.69, 9.17) is 17.3 Å². The molecule has 0 aliphatic rings. The van der Waals surface area contributed by atoms with Crippen molar-refractivity contribution in [3.63, 3.8) is 0 Å². The second-order valence-corrected chi connectivity index (χ2v) is 3.55. The lowest BCUT2D eigenvalue weighted by Gasteiger charge is -2.23. The second kappa shape index (κ2) is 4.24. The highest BCUT2D eigenvalue weighted by Crippen LogP contribution is 2.34. The summed E-state index contributed by atoms with van der Waals surface area (Å²) in [4.78, 5) is 0. The summed E-state index contributed by atoms with van der Waals surface area (Å²) in [6.07, 6.45) is 0.173. The molecule has 0 saturated heterocycles. The number of hydrogen-bond donors (Lipinski definition) is 1. The highest BCUT2D eigenvalue weighted by Gasteiger charge is 2.30. The first-order valence-electron chi connectivity index (χ1n) is 4.38. The van der Waals surface area contributed by atoms with Crippen LogP contribution in [0.1, 0.15) is 18.9 Å². The van der Waals surface area contributed by atoms with Crippen LogP contribution in [-0.2, 0) is 5.67 Å². The van der Waals surface area contributed by atoms with Crippen LogP contribution < -0.4 is 5.73 Å². The fourth-order valence-corrected chi connectivity index (χ4v) is 1.57. The lowest BCUT2D eigenvalue weighted by atomic mass is 9.93. The van der Waals surface area contributed by atoms with E-state index in [0.717, 1.165) is 6.07 Å². The van der Waals surface area contributed by atoms with Gasteiger partial charge in [-0.3, -0.25) is 0 Å². The van der Waals surface area contributed by atoms with Crippen molar-refractivity contribution in [3.8, 4) is 0 Å². The van der Waals surface area contributed by atoms with Gasteiger partial charge in [0.2, 0.25) is 0 Å². The summed E-state index contributed by atoms with van der Waals surface area (Å²) in [7, 11) is 0. The van der Waals surface area contributed by atoms with Crippen LogP contribution in [0.25, 0.3) is 0 Å². The third kappa shape index (κ3) is 2.04. The molecule has 0 radical (unpaired) electrons.